The number of hydrogen-bond donors (Lipinski definition) is 1. The van der Waals surface area contributed by atoms with Crippen LogP contribution in [-0.4, -0.2) is 35.1 Å². The summed E-state index contributed by atoms with van der Waals surface area (Å²) in [5, 5.41) is 2.88. The van der Waals surface area contributed by atoms with Gasteiger partial charge in [-0.1, -0.05) is 20.3 Å². The minimum atomic E-state index is -0.586. The van der Waals surface area contributed by atoms with Crippen molar-refractivity contribution in [3.63, 3.8) is 0 Å². The van der Waals surface area contributed by atoms with Crippen LogP contribution in [0.2, 0.25) is 0 Å². The molecule has 1 saturated heterocycles. The summed E-state index contributed by atoms with van der Waals surface area (Å²) in [6, 6.07) is 3.05. The summed E-state index contributed by atoms with van der Waals surface area (Å²) < 4.78 is 11.3. The lowest BCUT2D eigenvalue weighted by Gasteiger charge is -2.41. The Morgan fingerprint density at radius 2 is 2.08 bits per heavy atom. The molecule has 3 rings (SSSR count). The Hall–Kier alpha value is -1.82. The molecule has 2 fully saturated rings. The van der Waals surface area contributed by atoms with Gasteiger partial charge in [0.25, 0.3) is 0 Å². The molecule has 2 heterocycles. The van der Waals surface area contributed by atoms with E-state index < -0.39 is 11.8 Å². The molecule has 0 unspecified atom stereocenters. The summed E-state index contributed by atoms with van der Waals surface area (Å²) in [6.07, 6.45) is 6.88. The third-order valence-electron chi connectivity index (χ3n) is 5.07. The first-order valence-electron chi connectivity index (χ1n) is 9.28. The van der Waals surface area contributed by atoms with Gasteiger partial charge in [0.1, 0.15) is 17.5 Å². The lowest BCUT2D eigenvalue weighted by Crippen LogP contribution is -2.56. The smallest absolute Gasteiger partial charge is 0.245 e. The predicted molar refractivity (Wildman–Crippen MR) is 92.4 cm³/mol. The van der Waals surface area contributed by atoms with Gasteiger partial charge in [0.2, 0.25) is 11.8 Å². The van der Waals surface area contributed by atoms with Crippen molar-refractivity contribution in [1.82, 2.24) is 10.2 Å². The number of amides is 2. The zero-order valence-electron chi connectivity index (χ0n) is 15.1. The third kappa shape index (κ3) is 3.89. The van der Waals surface area contributed by atoms with Crippen molar-refractivity contribution < 1.29 is 18.7 Å². The Bertz CT molecular complexity index is 591. The lowest BCUT2D eigenvalue weighted by atomic mass is 9.89. The van der Waals surface area contributed by atoms with Gasteiger partial charge in [0, 0.05) is 6.42 Å². The highest BCUT2D eigenvalue weighted by atomic mass is 16.5. The van der Waals surface area contributed by atoms with Crippen molar-refractivity contribution in [3.05, 3.63) is 24.2 Å². The van der Waals surface area contributed by atoms with Gasteiger partial charge in [-0.15, -0.1) is 0 Å². The molecule has 1 saturated carbocycles. The maximum atomic E-state index is 12.9. The number of rotatable bonds is 5. The van der Waals surface area contributed by atoms with E-state index in [4.69, 9.17) is 9.15 Å². The molecule has 0 bridgehead atoms. The molecule has 6 heteroatoms. The fourth-order valence-electron chi connectivity index (χ4n) is 3.90. The van der Waals surface area contributed by atoms with Crippen LogP contribution >= 0.6 is 0 Å². The average molecular weight is 348 g/mol. The zero-order chi connectivity index (χ0) is 17.9. The number of carbonyl (C=O) groups is 2. The fraction of sp³-hybridized carbons (Fsp3) is 0.684. The number of nitrogens with zero attached hydrogens (tertiary/aromatic N) is 1. The topological polar surface area (TPSA) is 71.8 Å². The summed E-state index contributed by atoms with van der Waals surface area (Å²) in [5.41, 5.74) is -0.586. The molecule has 1 atom stereocenters. The van der Waals surface area contributed by atoms with Gasteiger partial charge in [0.15, 0.2) is 0 Å². The van der Waals surface area contributed by atoms with Gasteiger partial charge < -0.3 is 14.5 Å². The molecule has 2 amide bonds. The molecule has 138 valence electrons. The molecule has 2 aliphatic rings. The molecule has 1 aromatic heterocycles. The highest BCUT2D eigenvalue weighted by Gasteiger charge is 2.52. The van der Waals surface area contributed by atoms with Gasteiger partial charge in [0.05, 0.1) is 19.4 Å². The van der Waals surface area contributed by atoms with Gasteiger partial charge in [-0.2, -0.15) is 0 Å². The monoisotopic (exact) mass is 348 g/mol. The van der Waals surface area contributed by atoms with E-state index in [1.54, 1.807) is 17.2 Å². The second-order valence-corrected chi connectivity index (χ2v) is 7.49. The molecule has 1 aromatic rings. The van der Waals surface area contributed by atoms with Crippen molar-refractivity contribution in [1.29, 1.82) is 0 Å². The summed E-state index contributed by atoms with van der Waals surface area (Å²) in [7, 11) is 0. The van der Waals surface area contributed by atoms with Crippen LogP contribution in [0.5, 0.6) is 0 Å². The van der Waals surface area contributed by atoms with Crippen molar-refractivity contribution in [2.24, 2.45) is 5.92 Å². The fourth-order valence-corrected chi connectivity index (χ4v) is 3.90. The molecule has 1 aliphatic heterocycles. The van der Waals surface area contributed by atoms with Crippen LogP contribution < -0.4 is 5.32 Å². The van der Waals surface area contributed by atoms with E-state index in [-0.39, 0.29) is 24.3 Å². The van der Waals surface area contributed by atoms with E-state index >= 15 is 0 Å². The second kappa shape index (κ2) is 7.60. The number of nitrogens with one attached hydrogen (secondary N) is 1. The van der Waals surface area contributed by atoms with Crippen molar-refractivity contribution in [2.75, 3.05) is 6.61 Å². The highest BCUT2D eigenvalue weighted by molar-refractivity contribution is 5.88. The standard InChI is InChI=1S/C19H28N2O4/c1-14(2)11-17(22)21-16(13-25-19(21)8-4-3-5-9-19)18(23)20-12-15-7-6-10-24-15/h6-7,10,14,16H,3-5,8-9,11-13H2,1-2H3,(H,20,23)/t16-/m0/s1. The van der Waals surface area contributed by atoms with Crippen LogP contribution in [0.25, 0.3) is 0 Å². The van der Waals surface area contributed by atoms with Gasteiger partial charge in [-0.3, -0.25) is 14.5 Å². The number of hydrogen-bond acceptors (Lipinski definition) is 4. The van der Waals surface area contributed by atoms with E-state index in [1.165, 1.54) is 0 Å². The molecule has 1 spiro atoms. The normalized spacial score (nSPS) is 22.5. The lowest BCUT2D eigenvalue weighted by molar-refractivity contribution is -0.160. The van der Waals surface area contributed by atoms with Crippen LogP contribution in [0.4, 0.5) is 0 Å². The molecule has 25 heavy (non-hydrogen) atoms. The van der Waals surface area contributed by atoms with E-state index in [2.05, 4.69) is 5.32 Å². The molecular formula is C19H28N2O4. The number of ether oxygens (including phenoxy) is 1. The van der Waals surface area contributed by atoms with Crippen LogP contribution in [0.3, 0.4) is 0 Å². The minimum absolute atomic E-state index is 0.0209. The quantitative estimate of drug-likeness (QED) is 0.888. The molecule has 1 N–H and O–H groups in total. The van der Waals surface area contributed by atoms with E-state index in [9.17, 15) is 9.59 Å². The number of furan rings is 1. The van der Waals surface area contributed by atoms with Crippen molar-refractivity contribution in [2.45, 2.75) is 70.7 Å². The average Bonchev–Trinajstić information content (AvgIpc) is 3.21. The highest BCUT2D eigenvalue weighted by Crippen LogP contribution is 2.41. The van der Waals surface area contributed by atoms with Crippen LogP contribution in [-0.2, 0) is 20.9 Å². The first-order valence-corrected chi connectivity index (χ1v) is 9.28. The predicted octanol–water partition coefficient (Wildman–Crippen LogP) is 2.83. The first kappa shape index (κ1) is 18.0. The van der Waals surface area contributed by atoms with Crippen LogP contribution in [0.15, 0.2) is 22.8 Å². The van der Waals surface area contributed by atoms with Crippen molar-refractivity contribution in [3.8, 4) is 0 Å². The first-order chi connectivity index (χ1) is 12.0. The van der Waals surface area contributed by atoms with Gasteiger partial charge in [-0.25, -0.2) is 0 Å². The van der Waals surface area contributed by atoms with Crippen LogP contribution in [0, 0.1) is 5.92 Å². The van der Waals surface area contributed by atoms with Gasteiger partial charge >= 0.3 is 0 Å². The summed E-state index contributed by atoms with van der Waals surface area (Å²) >= 11 is 0. The Balaban J connectivity index is 1.74. The van der Waals surface area contributed by atoms with Gasteiger partial charge in [-0.05, 0) is 43.7 Å². The molecular weight excluding hydrogens is 320 g/mol. The third-order valence-corrected chi connectivity index (χ3v) is 5.07. The zero-order valence-corrected chi connectivity index (χ0v) is 15.1. The van der Waals surface area contributed by atoms with E-state index in [0.29, 0.717) is 18.7 Å². The minimum Gasteiger partial charge on any atom is -0.467 e. The largest absolute Gasteiger partial charge is 0.467 e. The maximum Gasteiger partial charge on any atom is 0.245 e. The Labute approximate surface area is 148 Å². The molecule has 1 aliphatic carbocycles. The summed E-state index contributed by atoms with van der Waals surface area (Å²) in [5.74, 6) is 0.795. The molecule has 0 radical (unpaired) electrons. The molecule has 6 nitrogen and oxygen atoms in total. The summed E-state index contributed by atoms with van der Waals surface area (Å²) in [6.45, 7) is 4.64. The maximum absolute atomic E-state index is 12.9. The Morgan fingerprint density at radius 3 is 2.72 bits per heavy atom. The molecule has 0 aromatic carbocycles. The van der Waals surface area contributed by atoms with Crippen molar-refractivity contribution >= 4 is 11.8 Å². The second-order valence-electron chi connectivity index (χ2n) is 7.49. The number of carbonyl (C=O) groups excluding carboxylic acids is 2. The summed E-state index contributed by atoms with van der Waals surface area (Å²) in [4.78, 5) is 27.4. The van der Waals surface area contributed by atoms with E-state index in [1.807, 2.05) is 19.9 Å². The van der Waals surface area contributed by atoms with E-state index in [0.717, 1.165) is 32.1 Å². The SMILES string of the molecule is CC(C)CC(=O)N1[C@H](C(=O)NCc2ccco2)COC12CCCCC2. The Kier molecular flexibility index (Phi) is 5.47. The Morgan fingerprint density at radius 1 is 1.32 bits per heavy atom. The van der Waals surface area contributed by atoms with Crippen LogP contribution in [0.1, 0.15) is 58.1 Å².